The number of allylic oxidation sites excluding steroid dienone is 1. The number of nitrogens with zero attached hydrogens (tertiary/aromatic N) is 3. The summed E-state index contributed by atoms with van der Waals surface area (Å²) in [7, 11) is 0. The summed E-state index contributed by atoms with van der Waals surface area (Å²) in [4.78, 5) is 12.3. The van der Waals surface area contributed by atoms with Crippen LogP contribution in [0.2, 0.25) is 0 Å². The number of rotatable bonds is 7. The molecule has 0 unspecified atom stereocenters. The van der Waals surface area contributed by atoms with Gasteiger partial charge in [0, 0.05) is 24.2 Å². The molecular formula is C18H20N4O3S. The molecule has 1 aliphatic heterocycles. The average molecular weight is 372 g/mol. The highest BCUT2D eigenvalue weighted by atomic mass is 32.2. The Hall–Kier alpha value is -2.48. The van der Waals surface area contributed by atoms with Gasteiger partial charge in [-0.05, 0) is 25.0 Å². The van der Waals surface area contributed by atoms with Crippen LogP contribution in [0.25, 0.3) is 0 Å². The van der Waals surface area contributed by atoms with Gasteiger partial charge in [0.1, 0.15) is 19.0 Å². The summed E-state index contributed by atoms with van der Waals surface area (Å²) in [5.74, 6) is 3.01. The van der Waals surface area contributed by atoms with E-state index in [4.69, 9.17) is 9.47 Å². The maximum absolute atomic E-state index is 12.3. The highest BCUT2D eigenvalue weighted by Gasteiger charge is 2.30. The normalized spacial score (nSPS) is 15.5. The molecule has 7 nitrogen and oxygen atoms in total. The Morgan fingerprint density at radius 1 is 1.31 bits per heavy atom. The monoisotopic (exact) mass is 372 g/mol. The Balaban J connectivity index is 1.37. The first kappa shape index (κ1) is 17.0. The summed E-state index contributed by atoms with van der Waals surface area (Å²) in [5, 5.41) is 12.2. The molecule has 4 rings (SSSR count). The number of hydrogen-bond acceptors (Lipinski definition) is 6. The van der Waals surface area contributed by atoms with E-state index in [9.17, 15) is 4.79 Å². The predicted molar refractivity (Wildman–Crippen MR) is 99.0 cm³/mol. The molecule has 0 atom stereocenters. The first-order valence-electron chi connectivity index (χ1n) is 8.61. The Morgan fingerprint density at radius 3 is 2.88 bits per heavy atom. The van der Waals surface area contributed by atoms with E-state index in [0.717, 1.165) is 23.8 Å². The predicted octanol–water partition coefficient (Wildman–Crippen LogP) is 2.84. The fourth-order valence-corrected chi connectivity index (χ4v) is 3.55. The van der Waals surface area contributed by atoms with Crippen LogP contribution in [0.15, 0.2) is 36.0 Å². The van der Waals surface area contributed by atoms with Gasteiger partial charge in [0.2, 0.25) is 5.91 Å². The summed E-state index contributed by atoms with van der Waals surface area (Å²) in [6.07, 6.45) is 4.14. The summed E-state index contributed by atoms with van der Waals surface area (Å²) >= 11 is 1.38. The minimum atomic E-state index is -0.104. The number of ether oxygens (including phenoxy) is 2. The lowest BCUT2D eigenvalue weighted by molar-refractivity contribution is -0.113. The van der Waals surface area contributed by atoms with E-state index in [2.05, 4.69) is 22.1 Å². The van der Waals surface area contributed by atoms with Crippen LogP contribution in [0.4, 0.5) is 5.69 Å². The largest absolute Gasteiger partial charge is 0.486 e. The zero-order chi connectivity index (χ0) is 17.9. The lowest BCUT2D eigenvalue weighted by atomic mass is 10.2. The summed E-state index contributed by atoms with van der Waals surface area (Å²) < 4.78 is 13.1. The second kappa shape index (κ2) is 7.41. The molecule has 8 heteroatoms. The molecule has 1 aromatic carbocycles. The SMILES string of the molecule is C=CCn1c(SCC(=O)Nc2ccc3c(c2)OCCO3)nnc1C1CC1. The van der Waals surface area contributed by atoms with E-state index in [0.29, 0.717) is 42.9 Å². The third-order valence-electron chi connectivity index (χ3n) is 4.16. The first-order valence-corrected chi connectivity index (χ1v) is 9.59. The molecule has 2 aromatic rings. The minimum Gasteiger partial charge on any atom is -0.486 e. The van der Waals surface area contributed by atoms with Gasteiger partial charge < -0.3 is 19.4 Å². The Bertz CT molecular complexity index is 832. The van der Waals surface area contributed by atoms with Crippen molar-refractivity contribution in [2.45, 2.75) is 30.5 Å². The number of carbonyl (C=O) groups excluding carboxylic acids is 1. The molecule has 1 amide bonds. The van der Waals surface area contributed by atoms with Crippen LogP contribution in [0.5, 0.6) is 11.5 Å². The smallest absolute Gasteiger partial charge is 0.234 e. The van der Waals surface area contributed by atoms with Gasteiger partial charge in [-0.3, -0.25) is 4.79 Å². The van der Waals surface area contributed by atoms with Crippen molar-refractivity contribution in [2.24, 2.45) is 0 Å². The standard InChI is InChI=1S/C18H20N4O3S/c1-2-7-22-17(12-3-4-12)20-21-18(22)26-11-16(23)19-13-5-6-14-15(10-13)25-9-8-24-14/h2,5-6,10,12H,1,3-4,7-9,11H2,(H,19,23). The van der Waals surface area contributed by atoms with Gasteiger partial charge in [-0.15, -0.1) is 16.8 Å². The first-order chi connectivity index (χ1) is 12.7. The highest BCUT2D eigenvalue weighted by Crippen LogP contribution is 2.40. The molecule has 1 fully saturated rings. The van der Waals surface area contributed by atoms with E-state index < -0.39 is 0 Å². The Labute approximate surface area is 155 Å². The topological polar surface area (TPSA) is 78.3 Å². The second-order valence-corrected chi connectivity index (χ2v) is 7.15. The van der Waals surface area contributed by atoms with Crippen molar-refractivity contribution in [1.29, 1.82) is 0 Å². The Morgan fingerprint density at radius 2 is 2.12 bits per heavy atom. The van der Waals surface area contributed by atoms with Crippen molar-refractivity contribution in [1.82, 2.24) is 14.8 Å². The number of hydrogen-bond donors (Lipinski definition) is 1. The van der Waals surface area contributed by atoms with Gasteiger partial charge in [0.15, 0.2) is 16.7 Å². The summed E-state index contributed by atoms with van der Waals surface area (Å²) in [5.41, 5.74) is 0.686. The molecule has 0 spiro atoms. The fourth-order valence-electron chi connectivity index (χ4n) is 2.80. The van der Waals surface area contributed by atoms with Crippen molar-refractivity contribution < 1.29 is 14.3 Å². The maximum Gasteiger partial charge on any atom is 0.234 e. The van der Waals surface area contributed by atoms with Crippen LogP contribution in [-0.4, -0.2) is 39.6 Å². The van der Waals surface area contributed by atoms with Gasteiger partial charge in [-0.1, -0.05) is 17.8 Å². The molecular weight excluding hydrogens is 352 g/mol. The lowest BCUT2D eigenvalue weighted by Gasteiger charge is -2.19. The van der Waals surface area contributed by atoms with E-state index in [-0.39, 0.29) is 11.7 Å². The van der Waals surface area contributed by atoms with E-state index >= 15 is 0 Å². The molecule has 136 valence electrons. The van der Waals surface area contributed by atoms with Crippen LogP contribution in [-0.2, 0) is 11.3 Å². The van der Waals surface area contributed by atoms with Crippen molar-refractivity contribution in [3.05, 3.63) is 36.7 Å². The van der Waals surface area contributed by atoms with Crippen molar-refractivity contribution >= 4 is 23.4 Å². The maximum atomic E-state index is 12.3. The third kappa shape index (κ3) is 3.70. The van der Waals surface area contributed by atoms with E-state index in [1.54, 1.807) is 12.1 Å². The quantitative estimate of drug-likeness (QED) is 0.595. The zero-order valence-electron chi connectivity index (χ0n) is 14.3. The number of amides is 1. The molecule has 0 saturated heterocycles. The van der Waals surface area contributed by atoms with Crippen LogP contribution in [0.1, 0.15) is 24.6 Å². The number of carbonyl (C=O) groups is 1. The number of aromatic nitrogens is 3. The summed E-state index contributed by atoms with van der Waals surface area (Å²) in [6, 6.07) is 5.39. The molecule has 1 aliphatic carbocycles. The third-order valence-corrected chi connectivity index (χ3v) is 5.12. The molecule has 1 aromatic heterocycles. The Kier molecular flexibility index (Phi) is 4.83. The lowest BCUT2D eigenvalue weighted by Crippen LogP contribution is -2.17. The zero-order valence-corrected chi connectivity index (χ0v) is 15.1. The minimum absolute atomic E-state index is 0.104. The number of thioether (sulfide) groups is 1. The number of anilines is 1. The van der Waals surface area contributed by atoms with Gasteiger partial charge in [0.25, 0.3) is 0 Å². The van der Waals surface area contributed by atoms with Crippen LogP contribution >= 0.6 is 11.8 Å². The van der Waals surface area contributed by atoms with Gasteiger partial charge in [-0.2, -0.15) is 0 Å². The molecule has 0 bridgehead atoms. The van der Waals surface area contributed by atoms with Crippen LogP contribution in [0.3, 0.4) is 0 Å². The molecule has 1 saturated carbocycles. The number of benzene rings is 1. The van der Waals surface area contributed by atoms with Crippen molar-refractivity contribution in [3.63, 3.8) is 0 Å². The molecule has 2 aliphatic rings. The van der Waals surface area contributed by atoms with Gasteiger partial charge in [0.05, 0.1) is 5.75 Å². The van der Waals surface area contributed by atoms with Crippen molar-refractivity contribution in [2.75, 3.05) is 24.3 Å². The molecule has 26 heavy (non-hydrogen) atoms. The molecule has 1 N–H and O–H groups in total. The number of nitrogens with one attached hydrogen (secondary N) is 1. The average Bonchev–Trinajstić information content (AvgIpc) is 3.42. The van der Waals surface area contributed by atoms with Crippen LogP contribution in [0, 0.1) is 0 Å². The van der Waals surface area contributed by atoms with Gasteiger partial charge >= 0.3 is 0 Å². The van der Waals surface area contributed by atoms with Gasteiger partial charge in [-0.25, -0.2) is 0 Å². The summed E-state index contributed by atoms with van der Waals surface area (Å²) in [6.45, 7) is 5.52. The second-order valence-electron chi connectivity index (χ2n) is 6.21. The van der Waals surface area contributed by atoms with E-state index in [1.165, 1.54) is 11.8 Å². The highest BCUT2D eigenvalue weighted by molar-refractivity contribution is 7.99. The van der Waals surface area contributed by atoms with Crippen LogP contribution < -0.4 is 14.8 Å². The van der Waals surface area contributed by atoms with E-state index in [1.807, 2.05) is 16.7 Å². The fraction of sp³-hybridized carbons (Fsp3) is 0.389. The van der Waals surface area contributed by atoms with Crippen molar-refractivity contribution in [3.8, 4) is 11.5 Å². The molecule has 2 heterocycles. The number of fused-ring (bicyclic) bond motifs is 1. The molecule has 0 radical (unpaired) electrons.